The number of benzene rings is 1. The van der Waals surface area contributed by atoms with E-state index in [1.807, 2.05) is 12.3 Å². The molecule has 2 aliphatic rings. The average Bonchev–Trinajstić information content (AvgIpc) is 3.46. The van der Waals surface area contributed by atoms with Crippen molar-refractivity contribution in [1.82, 2.24) is 14.5 Å². The molecule has 30 heavy (non-hydrogen) atoms. The Morgan fingerprint density at radius 1 is 1.30 bits per heavy atom. The Kier molecular flexibility index (Phi) is 4.21. The van der Waals surface area contributed by atoms with Gasteiger partial charge in [-0.15, -0.1) is 0 Å². The van der Waals surface area contributed by atoms with Crippen LogP contribution in [0.4, 0.5) is 4.39 Å². The van der Waals surface area contributed by atoms with Crippen molar-refractivity contribution in [3.05, 3.63) is 51.8 Å². The quantitative estimate of drug-likeness (QED) is 0.688. The number of hydrogen-bond donors (Lipinski definition) is 2. The molecule has 1 aliphatic carbocycles. The summed E-state index contributed by atoms with van der Waals surface area (Å²) in [7, 11) is 1.45. The number of aromatic nitrogens is 2. The van der Waals surface area contributed by atoms with E-state index in [0.29, 0.717) is 11.1 Å². The van der Waals surface area contributed by atoms with E-state index >= 15 is 4.39 Å². The largest absolute Gasteiger partial charge is 0.494 e. The highest BCUT2D eigenvalue weighted by atomic mass is 19.1. The first-order chi connectivity index (χ1) is 14.4. The molecule has 5 rings (SSSR count). The molecule has 1 aromatic carbocycles. The number of pyridine rings is 1. The molecule has 0 saturated heterocycles. The maximum atomic E-state index is 15.4. The monoisotopic (exact) mass is 411 g/mol. The Morgan fingerprint density at radius 2 is 2.07 bits per heavy atom. The van der Waals surface area contributed by atoms with Gasteiger partial charge in [0.15, 0.2) is 5.75 Å². The molecule has 2 N–H and O–H groups in total. The van der Waals surface area contributed by atoms with Gasteiger partial charge in [-0.25, -0.2) is 9.18 Å². The van der Waals surface area contributed by atoms with Crippen molar-refractivity contribution in [2.75, 3.05) is 13.7 Å². The number of aromatic carboxylic acids is 1. The first-order valence-corrected chi connectivity index (χ1v) is 10.0. The molecular formula is C22H22FN3O4. The van der Waals surface area contributed by atoms with Crippen molar-refractivity contribution in [2.24, 2.45) is 0 Å². The predicted octanol–water partition coefficient (Wildman–Crippen LogP) is 3.32. The van der Waals surface area contributed by atoms with Crippen LogP contribution in [0.1, 0.15) is 47.9 Å². The van der Waals surface area contributed by atoms with E-state index in [1.54, 1.807) is 4.57 Å². The van der Waals surface area contributed by atoms with Gasteiger partial charge >= 0.3 is 5.97 Å². The third-order valence-corrected chi connectivity index (χ3v) is 6.06. The summed E-state index contributed by atoms with van der Waals surface area (Å²) in [5.74, 6) is -1.67. The van der Waals surface area contributed by atoms with Gasteiger partial charge in [0.05, 0.1) is 23.6 Å². The number of nitrogens with one attached hydrogen (secondary N) is 1. The normalized spacial score (nSPS) is 18.4. The summed E-state index contributed by atoms with van der Waals surface area (Å²) < 4.78 is 24.9. The van der Waals surface area contributed by atoms with E-state index in [-0.39, 0.29) is 34.3 Å². The second-order valence-corrected chi connectivity index (χ2v) is 8.00. The van der Waals surface area contributed by atoms with Crippen molar-refractivity contribution >= 4 is 16.9 Å². The molecule has 3 heterocycles. The molecule has 0 spiro atoms. The van der Waals surface area contributed by atoms with Crippen LogP contribution < -0.4 is 15.5 Å². The number of fused-ring (bicyclic) bond motifs is 2. The first kappa shape index (κ1) is 18.9. The van der Waals surface area contributed by atoms with Gasteiger partial charge in [0.1, 0.15) is 11.4 Å². The van der Waals surface area contributed by atoms with Crippen LogP contribution in [-0.2, 0) is 6.54 Å². The average molecular weight is 411 g/mol. The molecule has 1 atom stereocenters. The van der Waals surface area contributed by atoms with Crippen LogP contribution in [0.25, 0.3) is 22.0 Å². The molecule has 8 heteroatoms. The third kappa shape index (κ3) is 2.74. The maximum Gasteiger partial charge on any atom is 0.341 e. The lowest BCUT2D eigenvalue weighted by Gasteiger charge is -2.22. The van der Waals surface area contributed by atoms with Crippen LogP contribution in [0.15, 0.2) is 29.3 Å². The van der Waals surface area contributed by atoms with Gasteiger partial charge in [-0.05, 0) is 31.9 Å². The Balaban J connectivity index is 1.84. The number of ether oxygens (including phenoxy) is 1. The first-order valence-electron chi connectivity index (χ1n) is 10.0. The zero-order valence-corrected chi connectivity index (χ0v) is 16.7. The van der Waals surface area contributed by atoms with E-state index in [4.69, 9.17) is 4.74 Å². The van der Waals surface area contributed by atoms with E-state index < -0.39 is 17.2 Å². The SMILES string of the molecule is COc1c(-c2cc3n(c2)CCN[C@@H]3C)c(F)cc2c(=O)c(C(=O)O)cn(C3CC3)c12. The van der Waals surface area contributed by atoms with Crippen molar-refractivity contribution in [1.29, 1.82) is 0 Å². The van der Waals surface area contributed by atoms with Crippen molar-refractivity contribution < 1.29 is 19.0 Å². The van der Waals surface area contributed by atoms with E-state index in [0.717, 1.165) is 37.7 Å². The minimum atomic E-state index is -1.32. The van der Waals surface area contributed by atoms with Gasteiger partial charge in [0.2, 0.25) is 5.43 Å². The maximum absolute atomic E-state index is 15.4. The lowest BCUT2D eigenvalue weighted by Crippen LogP contribution is -2.30. The smallest absolute Gasteiger partial charge is 0.341 e. The molecule has 156 valence electrons. The van der Waals surface area contributed by atoms with Crippen LogP contribution in [0.5, 0.6) is 5.75 Å². The summed E-state index contributed by atoms with van der Waals surface area (Å²) in [6, 6.07) is 3.31. The Labute approximate surface area is 171 Å². The van der Waals surface area contributed by atoms with Crippen molar-refractivity contribution in [3.8, 4) is 16.9 Å². The van der Waals surface area contributed by atoms with Gasteiger partial charge in [-0.2, -0.15) is 0 Å². The Bertz CT molecular complexity index is 1260. The lowest BCUT2D eigenvalue weighted by atomic mass is 10.0. The molecule has 1 saturated carbocycles. The molecule has 0 unspecified atom stereocenters. The number of nitrogens with zero attached hydrogens (tertiary/aromatic N) is 2. The molecule has 0 radical (unpaired) electrons. The number of carboxylic acid groups (broad SMARTS) is 1. The van der Waals surface area contributed by atoms with E-state index in [2.05, 4.69) is 16.8 Å². The highest BCUT2D eigenvalue weighted by Crippen LogP contribution is 2.44. The van der Waals surface area contributed by atoms with Gasteiger partial charge in [0, 0.05) is 48.8 Å². The standard InChI is InChI=1S/C22H22FN3O4/c1-11-17-7-12(9-25(17)6-5-24-11)18-16(23)8-14-19(21(18)30-2)26(13-3-4-13)10-15(20(14)27)22(28)29/h7-11,13,24H,3-6H2,1-2H3,(H,28,29)/t11-/m1/s1. The van der Waals surface area contributed by atoms with E-state index in [1.165, 1.54) is 13.3 Å². The van der Waals surface area contributed by atoms with Gasteiger partial charge in [0.25, 0.3) is 0 Å². The topological polar surface area (TPSA) is 85.5 Å². The van der Waals surface area contributed by atoms with Crippen LogP contribution >= 0.6 is 0 Å². The summed E-state index contributed by atoms with van der Waals surface area (Å²) in [5, 5.41) is 12.9. The van der Waals surface area contributed by atoms with Crippen LogP contribution in [0.3, 0.4) is 0 Å². The molecule has 1 aliphatic heterocycles. The van der Waals surface area contributed by atoms with Crippen molar-refractivity contribution in [2.45, 2.75) is 38.4 Å². The number of carbonyl (C=O) groups is 1. The molecule has 0 amide bonds. The van der Waals surface area contributed by atoms with E-state index in [9.17, 15) is 14.7 Å². The zero-order chi connectivity index (χ0) is 21.2. The molecular weight excluding hydrogens is 389 g/mol. The Hall–Kier alpha value is -3.13. The summed E-state index contributed by atoms with van der Waals surface area (Å²) in [6.07, 6.45) is 5.02. The highest BCUT2D eigenvalue weighted by Gasteiger charge is 2.31. The summed E-state index contributed by atoms with van der Waals surface area (Å²) >= 11 is 0. The third-order valence-electron chi connectivity index (χ3n) is 6.06. The minimum absolute atomic E-state index is 0.0268. The minimum Gasteiger partial charge on any atom is -0.494 e. The number of carboxylic acids is 1. The molecule has 0 bridgehead atoms. The number of rotatable bonds is 4. The molecule has 7 nitrogen and oxygen atoms in total. The fourth-order valence-electron chi connectivity index (χ4n) is 4.45. The second kappa shape index (κ2) is 6.70. The highest BCUT2D eigenvalue weighted by molar-refractivity contribution is 5.98. The summed E-state index contributed by atoms with van der Waals surface area (Å²) in [5.41, 5.74) is 1.40. The van der Waals surface area contributed by atoms with Crippen LogP contribution in [0, 0.1) is 5.82 Å². The molecule has 1 fully saturated rings. The number of hydrogen-bond acceptors (Lipinski definition) is 4. The van der Waals surface area contributed by atoms with Crippen LogP contribution in [0.2, 0.25) is 0 Å². The van der Waals surface area contributed by atoms with Gasteiger partial charge in [-0.3, -0.25) is 4.79 Å². The predicted molar refractivity (Wildman–Crippen MR) is 110 cm³/mol. The fraction of sp³-hybridized carbons (Fsp3) is 0.364. The lowest BCUT2D eigenvalue weighted by molar-refractivity contribution is 0.0695. The summed E-state index contributed by atoms with van der Waals surface area (Å²) in [6.45, 7) is 3.67. The fourth-order valence-corrected chi connectivity index (χ4v) is 4.45. The van der Waals surface area contributed by atoms with Gasteiger partial charge in [-0.1, -0.05) is 0 Å². The van der Waals surface area contributed by atoms with Crippen LogP contribution in [-0.4, -0.2) is 33.9 Å². The number of halogens is 1. The van der Waals surface area contributed by atoms with Gasteiger partial charge < -0.3 is 24.3 Å². The summed E-state index contributed by atoms with van der Waals surface area (Å²) in [4.78, 5) is 24.4. The zero-order valence-electron chi connectivity index (χ0n) is 16.7. The molecule has 3 aromatic rings. The number of methoxy groups -OCH3 is 1. The Morgan fingerprint density at radius 3 is 2.70 bits per heavy atom. The molecule has 2 aromatic heterocycles. The second-order valence-electron chi connectivity index (χ2n) is 8.00. The van der Waals surface area contributed by atoms with Crippen molar-refractivity contribution in [3.63, 3.8) is 0 Å².